The lowest BCUT2D eigenvalue weighted by Gasteiger charge is -2.12. The molecule has 0 nitrogen and oxygen atoms in total. The van der Waals surface area contributed by atoms with Crippen LogP contribution in [0, 0.1) is 0 Å². The Morgan fingerprint density at radius 3 is 2.06 bits per heavy atom. The molecule has 0 heterocycles. The van der Waals surface area contributed by atoms with Gasteiger partial charge in [-0.1, -0.05) is 62.6 Å². The Hall–Kier alpha value is -1.04. The van der Waals surface area contributed by atoms with E-state index in [-0.39, 0.29) is 0 Å². The highest BCUT2D eigenvalue weighted by molar-refractivity contribution is 5.68. The average Bonchev–Trinajstić information content (AvgIpc) is 2.38. The minimum Gasteiger partial charge on any atom is -0.0695 e. The predicted molar refractivity (Wildman–Crippen MR) is 78.1 cm³/mol. The van der Waals surface area contributed by atoms with E-state index in [0.29, 0.717) is 0 Å². The lowest BCUT2D eigenvalue weighted by atomic mass is 9.93. The van der Waals surface area contributed by atoms with Gasteiger partial charge in [0.15, 0.2) is 0 Å². The van der Waals surface area contributed by atoms with Crippen LogP contribution in [0.3, 0.4) is 0 Å². The Bertz CT molecular complexity index is 332. The Labute approximate surface area is 107 Å². The number of hydrogen-bond donors (Lipinski definition) is 0. The molecule has 0 heteroatoms. The first kappa shape index (κ1) is 14.0. The summed E-state index contributed by atoms with van der Waals surface area (Å²) in [5.74, 6) is 0. The van der Waals surface area contributed by atoms with E-state index in [9.17, 15) is 0 Å². The zero-order valence-corrected chi connectivity index (χ0v) is 11.6. The summed E-state index contributed by atoms with van der Waals surface area (Å²) in [6.45, 7) is 6.85. The fraction of sp³-hybridized carbons (Fsp3) is 0.529. The molecule has 0 fully saturated rings. The third-order valence-corrected chi connectivity index (χ3v) is 3.32. The van der Waals surface area contributed by atoms with Crippen molar-refractivity contribution < 1.29 is 0 Å². The van der Waals surface area contributed by atoms with Gasteiger partial charge in [-0.05, 0) is 43.7 Å². The van der Waals surface area contributed by atoms with Crippen molar-refractivity contribution in [2.45, 2.75) is 59.3 Å². The summed E-state index contributed by atoms with van der Waals surface area (Å²) in [4.78, 5) is 0. The molecule has 1 rings (SSSR count). The molecule has 1 aromatic rings. The van der Waals surface area contributed by atoms with Gasteiger partial charge in [-0.3, -0.25) is 0 Å². The molecular weight excluding hydrogens is 204 g/mol. The summed E-state index contributed by atoms with van der Waals surface area (Å²) in [5.41, 5.74) is 4.60. The van der Waals surface area contributed by atoms with Crippen LogP contribution in [0.5, 0.6) is 0 Å². The van der Waals surface area contributed by atoms with Crippen LogP contribution in [0.1, 0.15) is 64.9 Å². The smallest absolute Gasteiger partial charge is 0.0225 e. The minimum atomic E-state index is 1.23. The van der Waals surface area contributed by atoms with Crippen LogP contribution in [0.25, 0.3) is 5.57 Å². The third-order valence-electron chi connectivity index (χ3n) is 3.32. The second-order valence-electron chi connectivity index (χ2n) is 4.83. The summed E-state index contributed by atoms with van der Waals surface area (Å²) in [5, 5.41) is 0. The molecule has 0 spiro atoms. The molecule has 17 heavy (non-hydrogen) atoms. The average molecular weight is 230 g/mol. The Kier molecular flexibility index (Phi) is 6.69. The van der Waals surface area contributed by atoms with Crippen LogP contribution in [0.15, 0.2) is 35.9 Å². The van der Waals surface area contributed by atoms with Crippen LogP contribution in [-0.2, 0) is 0 Å². The van der Waals surface area contributed by atoms with Crippen molar-refractivity contribution in [1.82, 2.24) is 0 Å². The van der Waals surface area contributed by atoms with E-state index in [1.807, 2.05) is 0 Å². The second-order valence-corrected chi connectivity index (χ2v) is 4.83. The second kappa shape index (κ2) is 8.11. The Morgan fingerprint density at radius 2 is 1.47 bits per heavy atom. The molecule has 0 aliphatic heterocycles. The van der Waals surface area contributed by atoms with E-state index in [2.05, 4.69) is 51.1 Å². The molecule has 0 aliphatic rings. The number of unbranched alkanes of at least 4 members (excludes halogenated alkanes) is 2. The van der Waals surface area contributed by atoms with Gasteiger partial charge in [-0.15, -0.1) is 0 Å². The van der Waals surface area contributed by atoms with E-state index in [1.54, 1.807) is 11.1 Å². The largest absolute Gasteiger partial charge is 0.0695 e. The van der Waals surface area contributed by atoms with Crippen molar-refractivity contribution in [2.75, 3.05) is 0 Å². The maximum Gasteiger partial charge on any atom is -0.0225 e. The number of rotatable bonds is 7. The molecule has 0 bridgehead atoms. The van der Waals surface area contributed by atoms with Gasteiger partial charge in [0.2, 0.25) is 0 Å². The van der Waals surface area contributed by atoms with Crippen molar-refractivity contribution in [1.29, 1.82) is 0 Å². The monoisotopic (exact) mass is 230 g/mol. The Balaban J connectivity index is 2.86. The highest BCUT2D eigenvalue weighted by Crippen LogP contribution is 2.26. The standard InChI is InChI=1S/C17H26/c1-4-6-11-15(3)17(14-7-5-2)16-12-9-8-10-13-16/h8-10,12-13H,4-7,11,14H2,1-3H3/b17-15+. The predicted octanol–water partition coefficient (Wildman–Crippen LogP) is 5.84. The molecule has 0 N–H and O–H groups in total. The topological polar surface area (TPSA) is 0 Å². The summed E-state index contributed by atoms with van der Waals surface area (Å²) in [7, 11) is 0. The van der Waals surface area contributed by atoms with E-state index < -0.39 is 0 Å². The first-order chi connectivity index (χ1) is 8.29. The summed E-state index contributed by atoms with van der Waals surface area (Å²) in [6, 6.07) is 10.9. The zero-order valence-electron chi connectivity index (χ0n) is 11.6. The fourth-order valence-corrected chi connectivity index (χ4v) is 2.19. The van der Waals surface area contributed by atoms with E-state index in [4.69, 9.17) is 0 Å². The molecule has 1 aromatic carbocycles. The molecule has 94 valence electrons. The molecular formula is C17H26. The van der Waals surface area contributed by atoms with Gasteiger partial charge in [0, 0.05) is 0 Å². The number of allylic oxidation sites excluding steroid dienone is 2. The molecule has 0 radical (unpaired) electrons. The summed E-state index contributed by atoms with van der Waals surface area (Å²) < 4.78 is 0. The van der Waals surface area contributed by atoms with Gasteiger partial charge in [0.1, 0.15) is 0 Å². The van der Waals surface area contributed by atoms with Crippen molar-refractivity contribution in [2.24, 2.45) is 0 Å². The van der Waals surface area contributed by atoms with Crippen molar-refractivity contribution in [3.63, 3.8) is 0 Å². The van der Waals surface area contributed by atoms with Gasteiger partial charge in [-0.25, -0.2) is 0 Å². The number of hydrogen-bond acceptors (Lipinski definition) is 0. The van der Waals surface area contributed by atoms with E-state index >= 15 is 0 Å². The third kappa shape index (κ3) is 4.77. The van der Waals surface area contributed by atoms with Gasteiger partial charge in [0.25, 0.3) is 0 Å². The van der Waals surface area contributed by atoms with Crippen LogP contribution in [0.2, 0.25) is 0 Å². The molecule has 0 unspecified atom stereocenters. The highest BCUT2D eigenvalue weighted by Gasteiger charge is 2.05. The molecule has 0 amide bonds. The minimum absolute atomic E-state index is 1.23. The molecule has 0 saturated heterocycles. The van der Waals surface area contributed by atoms with Gasteiger partial charge in [0.05, 0.1) is 0 Å². The van der Waals surface area contributed by atoms with E-state index in [1.165, 1.54) is 44.1 Å². The maximum absolute atomic E-state index is 2.31. The van der Waals surface area contributed by atoms with Crippen LogP contribution < -0.4 is 0 Å². The lowest BCUT2D eigenvalue weighted by Crippen LogP contribution is -1.91. The van der Waals surface area contributed by atoms with E-state index in [0.717, 1.165) is 0 Å². The summed E-state index contributed by atoms with van der Waals surface area (Å²) in [6.07, 6.45) is 7.66. The van der Waals surface area contributed by atoms with Gasteiger partial charge < -0.3 is 0 Å². The van der Waals surface area contributed by atoms with Gasteiger partial charge >= 0.3 is 0 Å². The summed E-state index contributed by atoms with van der Waals surface area (Å²) >= 11 is 0. The lowest BCUT2D eigenvalue weighted by molar-refractivity contribution is 0.775. The fourth-order valence-electron chi connectivity index (χ4n) is 2.19. The van der Waals surface area contributed by atoms with Crippen LogP contribution >= 0.6 is 0 Å². The number of benzene rings is 1. The Morgan fingerprint density at radius 1 is 0.882 bits per heavy atom. The normalized spacial score (nSPS) is 12.4. The SMILES string of the molecule is CCCC/C(C)=C(\CCCC)c1ccccc1. The zero-order chi connectivity index (χ0) is 12.5. The van der Waals surface area contributed by atoms with Crippen LogP contribution in [0.4, 0.5) is 0 Å². The van der Waals surface area contributed by atoms with Crippen molar-refractivity contribution in [3.8, 4) is 0 Å². The maximum atomic E-state index is 2.31. The van der Waals surface area contributed by atoms with Gasteiger partial charge in [-0.2, -0.15) is 0 Å². The molecule has 0 aromatic heterocycles. The highest BCUT2D eigenvalue weighted by atomic mass is 14.1. The molecule has 0 aliphatic carbocycles. The quantitative estimate of drug-likeness (QED) is 0.552. The molecule has 0 saturated carbocycles. The first-order valence-corrected chi connectivity index (χ1v) is 7.03. The van der Waals surface area contributed by atoms with Crippen LogP contribution in [-0.4, -0.2) is 0 Å². The van der Waals surface area contributed by atoms with Crippen molar-refractivity contribution >= 4 is 5.57 Å². The molecule has 0 atom stereocenters. The van der Waals surface area contributed by atoms with Crippen molar-refractivity contribution in [3.05, 3.63) is 41.5 Å². The first-order valence-electron chi connectivity index (χ1n) is 7.03.